The molecule has 0 aliphatic carbocycles. The third-order valence-electron chi connectivity index (χ3n) is 2.62. The average Bonchev–Trinajstić information content (AvgIpc) is 2.34. The number of anilines is 2. The molecule has 2 rings (SSSR count). The number of sulfonamides is 1. The molecular formula is C13H13BrN2O2S. The Bertz CT molecular complexity index is 714. The molecule has 0 aliphatic rings. The van der Waals surface area contributed by atoms with E-state index in [1.165, 1.54) is 0 Å². The van der Waals surface area contributed by atoms with Crippen LogP contribution in [-0.2, 0) is 10.0 Å². The van der Waals surface area contributed by atoms with E-state index in [4.69, 9.17) is 5.73 Å². The maximum atomic E-state index is 12.3. The summed E-state index contributed by atoms with van der Waals surface area (Å²) in [7, 11) is -3.62. The molecule has 0 spiro atoms. The molecular weight excluding hydrogens is 328 g/mol. The summed E-state index contributed by atoms with van der Waals surface area (Å²) in [5, 5.41) is 0. The summed E-state index contributed by atoms with van der Waals surface area (Å²) in [6.07, 6.45) is 0. The fraction of sp³-hybridized carbons (Fsp3) is 0.0769. The molecule has 0 aliphatic heterocycles. The highest BCUT2D eigenvalue weighted by Crippen LogP contribution is 2.27. The Kier molecular flexibility index (Phi) is 3.82. The van der Waals surface area contributed by atoms with Gasteiger partial charge in [-0.15, -0.1) is 0 Å². The number of halogens is 1. The van der Waals surface area contributed by atoms with Gasteiger partial charge in [0, 0.05) is 10.2 Å². The van der Waals surface area contributed by atoms with Crippen molar-refractivity contribution in [3.63, 3.8) is 0 Å². The first-order valence-electron chi connectivity index (χ1n) is 5.53. The van der Waals surface area contributed by atoms with Crippen molar-refractivity contribution in [2.24, 2.45) is 0 Å². The van der Waals surface area contributed by atoms with Crippen LogP contribution in [-0.4, -0.2) is 8.42 Å². The van der Waals surface area contributed by atoms with Crippen molar-refractivity contribution in [3.8, 4) is 0 Å². The van der Waals surface area contributed by atoms with E-state index >= 15 is 0 Å². The Labute approximate surface area is 120 Å². The largest absolute Gasteiger partial charge is 0.399 e. The summed E-state index contributed by atoms with van der Waals surface area (Å²) in [6, 6.07) is 11.8. The molecule has 3 N–H and O–H groups in total. The summed E-state index contributed by atoms with van der Waals surface area (Å²) in [4.78, 5) is 0.254. The Hall–Kier alpha value is -1.53. The number of nitrogens with one attached hydrogen (secondary N) is 1. The minimum Gasteiger partial charge on any atom is -0.399 e. The predicted molar refractivity (Wildman–Crippen MR) is 80.5 cm³/mol. The lowest BCUT2D eigenvalue weighted by molar-refractivity contribution is 0.600. The van der Waals surface area contributed by atoms with Crippen molar-refractivity contribution in [3.05, 3.63) is 52.5 Å². The Balaban J connectivity index is 2.43. The van der Waals surface area contributed by atoms with Gasteiger partial charge in [0.1, 0.15) is 0 Å². The van der Waals surface area contributed by atoms with E-state index in [0.717, 1.165) is 0 Å². The van der Waals surface area contributed by atoms with Crippen molar-refractivity contribution >= 4 is 37.3 Å². The monoisotopic (exact) mass is 340 g/mol. The highest BCUT2D eigenvalue weighted by atomic mass is 79.9. The van der Waals surface area contributed by atoms with Crippen LogP contribution >= 0.6 is 15.9 Å². The first-order valence-corrected chi connectivity index (χ1v) is 7.81. The van der Waals surface area contributed by atoms with Crippen LogP contribution in [0.3, 0.4) is 0 Å². The minimum absolute atomic E-state index is 0.254. The third-order valence-corrected chi connectivity index (χ3v) is 4.84. The molecule has 0 saturated heterocycles. The van der Waals surface area contributed by atoms with Gasteiger partial charge in [0.25, 0.3) is 10.0 Å². The van der Waals surface area contributed by atoms with Crippen molar-refractivity contribution in [1.82, 2.24) is 0 Å². The van der Waals surface area contributed by atoms with E-state index in [2.05, 4.69) is 20.7 Å². The first kappa shape index (κ1) is 13.9. The molecule has 19 heavy (non-hydrogen) atoms. The van der Waals surface area contributed by atoms with Crippen molar-refractivity contribution in [1.29, 1.82) is 0 Å². The van der Waals surface area contributed by atoms with Gasteiger partial charge in [0.05, 0.1) is 10.6 Å². The maximum absolute atomic E-state index is 12.3. The Morgan fingerprint density at radius 2 is 1.84 bits per heavy atom. The summed E-state index contributed by atoms with van der Waals surface area (Å²) in [6.45, 7) is 1.75. The maximum Gasteiger partial charge on any atom is 0.262 e. The average molecular weight is 341 g/mol. The molecule has 0 fully saturated rings. The fourth-order valence-corrected chi connectivity index (χ4v) is 3.47. The number of benzene rings is 2. The summed E-state index contributed by atoms with van der Waals surface area (Å²) in [5.41, 5.74) is 7.26. The topological polar surface area (TPSA) is 72.2 Å². The molecule has 0 unspecified atom stereocenters. The Morgan fingerprint density at radius 3 is 2.53 bits per heavy atom. The van der Waals surface area contributed by atoms with E-state index in [1.807, 2.05) is 0 Å². The van der Waals surface area contributed by atoms with Crippen LogP contribution < -0.4 is 10.5 Å². The molecule has 100 valence electrons. The van der Waals surface area contributed by atoms with Gasteiger partial charge in [-0.05, 0) is 52.7 Å². The van der Waals surface area contributed by atoms with Gasteiger partial charge >= 0.3 is 0 Å². The van der Waals surface area contributed by atoms with Gasteiger partial charge in [0.15, 0.2) is 0 Å². The molecule has 0 atom stereocenters. The highest BCUT2D eigenvalue weighted by molar-refractivity contribution is 9.10. The third kappa shape index (κ3) is 3.08. The molecule has 0 heterocycles. The van der Waals surface area contributed by atoms with Gasteiger partial charge in [-0.25, -0.2) is 8.42 Å². The molecule has 0 bridgehead atoms. The second kappa shape index (κ2) is 5.22. The molecule has 0 saturated carbocycles. The molecule has 4 nitrogen and oxygen atoms in total. The van der Waals surface area contributed by atoms with E-state index in [0.29, 0.717) is 21.4 Å². The predicted octanol–water partition coefficient (Wildman–Crippen LogP) is 3.14. The second-order valence-corrected chi connectivity index (χ2v) is 6.62. The molecule has 0 aromatic heterocycles. The fourth-order valence-electron chi connectivity index (χ4n) is 1.68. The first-order chi connectivity index (χ1) is 8.90. The van der Waals surface area contributed by atoms with E-state index in [-0.39, 0.29) is 4.90 Å². The smallest absolute Gasteiger partial charge is 0.262 e. The minimum atomic E-state index is -3.62. The van der Waals surface area contributed by atoms with Crippen LogP contribution in [0.4, 0.5) is 11.4 Å². The van der Waals surface area contributed by atoms with E-state index < -0.39 is 10.0 Å². The van der Waals surface area contributed by atoms with Crippen molar-refractivity contribution in [2.45, 2.75) is 11.8 Å². The quantitative estimate of drug-likeness (QED) is 0.843. The molecule has 2 aromatic carbocycles. The molecule has 2 aromatic rings. The zero-order valence-corrected chi connectivity index (χ0v) is 12.6. The number of rotatable bonds is 3. The Morgan fingerprint density at radius 1 is 1.16 bits per heavy atom. The lowest BCUT2D eigenvalue weighted by Gasteiger charge is -2.12. The van der Waals surface area contributed by atoms with Gasteiger partial charge in [-0.3, -0.25) is 4.72 Å². The SMILES string of the molecule is Cc1ccccc1S(=O)(=O)Nc1cc(N)ccc1Br. The number of hydrogen-bond acceptors (Lipinski definition) is 3. The van der Waals surface area contributed by atoms with Gasteiger partial charge in [-0.2, -0.15) is 0 Å². The molecule has 0 radical (unpaired) electrons. The van der Waals surface area contributed by atoms with Crippen molar-refractivity contribution in [2.75, 3.05) is 10.5 Å². The standard InChI is InChI=1S/C13H13BrN2O2S/c1-9-4-2-3-5-13(9)19(17,18)16-12-8-10(15)6-7-11(12)14/h2-8,16H,15H2,1H3. The van der Waals surface area contributed by atoms with E-state index in [9.17, 15) is 8.42 Å². The number of hydrogen-bond donors (Lipinski definition) is 2. The van der Waals surface area contributed by atoms with Crippen LogP contribution in [0.15, 0.2) is 51.8 Å². The summed E-state index contributed by atoms with van der Waals surface area (Å²) in [5.74, 6) is 0. The molecule has 6 heteroatoms. The van der Waals surface area contributed by atoms with Crippen LogP contribution in [0.25, 0.3) is 0 Å². The summed E-state index contributed by atoms with van der Waals surface area (Å²) < 4.78 is 27.8. The van der Waals surface area contributed by atoms with Crippen LogP contribution in [0.1, 0.15) is 5.56 Å². The zero-order chi connectivity index (χ0) is 14.0. The van der Waals surface area contributed by atoms with Crippen LogP contribution in [0.2, 0.25) is 0 Å². The number of nitrogen functional groups attached to an aromatic ring is 1. The number of aryl methyl sites for hydroxylation is 1. The van der Waals surface area contributed by atoms with Gasteiger partial charge in [0.2, 0.25) is 0 Å². The lowest BCUT2D eigenvalue weighted by atomic mass is 10.2. The summed E-state index contributed by atoms with van der Waals surface area (Å²) >= 11 is 3.29. The normalized spacial score (nSPS) is 11.3. The van der Waals surface area contributed by atoms with E-state index in [1.54, 1.807) is 49.4 Å². The van der Waals surface area contributed by atoms with Gasteiger partial charge in [-0.1, -0.05) is 18.2 Å². The number of nitrogens with two attached hydrogens (primary N) is 1. The van der Waals surface area contributed by atoms with Gasteiger partial charge < -0.3 is 5.73 Å². The van der Waals surface area contributed by atoms with Crippen LogP contribution in [0, 0.1) is 6.92 Å². The van der Waals surface area contributed by atoms with Crippen molar-refractivity contribution < 1.29 is 8.42 Å². The molecule has 0 amide bonds. The zero-order valence-electron chi connectivity index (χ0n) is 10.2. The lowest BCUT2D eigenvalue weighted by Crippen LogP contribution is -2.14. The second-order valence-electron chi connectivity index (χ2n) is 4.11. The van der Waals surface area contributed by atoms with Crippen LogP contribution in [0.5, 0.6) is 0 Å². The highest BCUT2D eigenvalue weighted by Gasteiger charge is 2.17.